The molecule has 0 spiro atoms. The minimum atomic E-state index is 0.240. The summed E-state index contributed by atoms with van der Waals surface area (Å²) in [5.74, 6) is 0.240. The highest BCUT2D eigenvalue weighted by atomic mass is 16.2. The van der Waals surface area contributed by atoms with Crippen molar-refractivity contribution in [3.8, 4) is 0 Å². The molecule has 104 valence electrons. The van der Waals surface area contributed by atoms with E-state index >= 15 is 0 Å². The Labute approximate surface area is 110 Å². The van der Waals surface area contributed by atoms with Crippen molar-refractivity contribution < 1.29 is 4.79 Å². The van der Waals surface area contributed by atoms with Crippen molar-refractivity contribution >= 4 is 5.91 Å². The van der Waals surface area contributed by atoms with Crippen LogP contribution in [-0.4, -0.2) is 85.6 Å². The van der Waals surface area contributed by atoms with Crippen LogP contribution in [0.5, 0.6) is 0 Å². The standard InChI is InChI=1S/C13H26N4O/c1-11(2)15(3)13(18)10-16-4-6-17(7-5-16)12-8-14-9-12/h11-12,14H,4-10H2,1-3H3. The highest BCUT2D eigenvalue weighted by molar-refractivity contribution is 5.78. The average molecular weight is 254 g/mol. The lowest BCUT2D eigenvalue weighted by molar-refractivity contribution is -0.133. The minimum Gasteiger partial charge on any atom is -0.342 e. The van der Waals surface area contributed by atoms with Crippen molar-refractivity contribution in [3.05, 3.63) is 0 Å². The summed E-state index contributed by atoms with van der Waals surface area (Å²) in [4.78, 5) is 18.7. The third-order valence-corrected chi connectivity index (χ3v) is 4.21. The number of likely N-dealkylation sites (N-methyl/N-ethyl adjacent to an activating group) is 1. The molecule has 2 rings (SSSR count). The van der Waals surface area contributed by atoms with Crippen LogP contribution >= 0.6 is 0 Å². The smallest absolute Gasteiger partial charge is 0.236 e. The molecule has 0 saturated carbocycles. The van der Waals surface area contributed by atoms with E-state index in [0.29, 0.717) is 12.6 Å². The summed E-state index contributed by atoms with van der Waals surface area (Å²) in [6.45, 7) is 11.2. The molecular weight excluding hydrogens is 228 g/mol. The number of carbonyl (C=O) groups is 1. The van der Waals surface area contributed by atoms with Gasteiger partial charge in [-0.05, 0) is 13.8 Å². The third kappa shape index (κ3) is 3.22. The van der Waals surface area contributed by atoms with Gasteiger partial charge in [0.1, 0.15) is 0 Å². The van der Waals surface area contributed by atoms with Crippen LogP contribution in [0.2, 0.25) is 0 Å². The highest BCUT2D eigenvalue weighted by Gasteiger charge is 2.28. The van der Waals surface area contributed by atoms with Crippen LogP contribution < -0.4 is 5.32 Å². The monoisotopic (exact) mass is 254 g/mol. The SMILES string of the molecule is CC(C)N(C)C(=O)CN1CCN(C2CNC2)CC1. The van der Waals surface area contributed by atoms with E-state index in [1.807, 2.05) is 11.9 Å². The van der Waals surface area contributed by atoms with Crippen LogP contribution in [-0.2, 0) is 4.79 Å². The van der Waals surface area contributed by atoms with Crippen molar-refractivity contribution in [1.82, 2.24) is 20.0 Å². The highest BCUT2D eigenvalue weighted by Crippen LogP contribution is 2.09. The molecule has 0 radical (unpaired) electrons. The van der Waals surface area contributed by atoms with Gasteiger partial charge in [-0.15, -0.1) is 0 Å². The van der Waals surface area contributed by atoms with E-state index in [-0.39, 0.29) is 5.91 Å². The molecule has 0 aromatic carbocycles. The Hall–Kier alpha value is -0.650. The summed E-state index contributed by atoms with van der Waals surface area (Å²) in [6.07, 6.45) is 0. The number of amides is 1. The molecule has 2 fully saturated rings. The predicted octanol–water partition coefficient (Wildman–Crippen LogP) is -0.557. The molecule has 1 N–H and O–H groups in total. The van der Waals surface area contributed by atoms with Crippen molar-refractivity contribution in [2.75, 3.05) is 52.9 Å². The Morgan fingerprint density at radius 2 is 1.89 bits per heavy atom. The molecule has 0 aliphatic carbocycles. The lowest BCUT2D eigenvalue weighted by Gasteiger charge is -2.43. The summed E-state index contributed by atoms with van der Waals surface area (Å²) in [6, 6.07) is 1.03. The maximum Gasteiger partial charge on any atom is 0.236 e. The quantitative estimate of drug-likeness (QED) is 0.730. The molecule has 1 amide bonds. The van der Waals surface area contributed by atoms with E-state index in [1.54, 1.807) is 0 Å². The summed E-state index contributed by atoms with van der Waals surface area (Å²) in [5, 5.41) is 3.31. The van der Waals surface area contributed by atoms with Gasteiger partial charge in [0.15, 0.2) is 0 Å². The first-order chi connectivity index (χ1) is 8.58. The third-order valence-electron chi connectivity index (χ3n) is 4.21. The summed E-state index contributed by atoms with van der Waals surface area (Å²) >= 11 is 0. The van der Waals surface area contributed by atoms with Crippen LogP contribution in [0, 0.1) is 0 Å². The van der Waals surface area contributed by atoms with Gasteiger partial charge >= 0.3 is 0 Å². The van der Waals surface area contributed by atoms with Crippen LogP contribution in [0.4, 0.5) is 0 Å². The van der Waals surface area contributed by atoms with E-state index in [4.69, 9.17) is 0 Å². The summed E-state index contributed by atoms with van der Waals surface area (Å²) in [7, 11) is 1.89. The van der Waals surface area contributed by atoms with Crippen molar-refractivity contribution in [2.45, 2.75) is 25.9 Å². The number of rotatable bonds is 4. The van der Waals surface area contributed by atoms with Crippen molar-refractivity contribution in [1.29, 1.82) is 0 Å². The molecular formula is C13H26N4O. The van der Waals surface area contributed by atoms with Gasteiger partial charge < -0.3 is 10.2 Å². The lowest BCUT2D eigenvalue weighted by atomic mass is 10.1. The number of nitrogens with one attached hydrogen (secondary N) is 1. The van der Waals surface area contributed by atoms with E-state index in [0.717, 1.165) is 45.3 Å². The van der Waals surface area contributed by atoms with Crippen LogP contribution in [0.25, 0.3) is 0 Å². The summed E-state index contributed by atoms with van der Waals surface area (Å²) < 4.78 is 0. The van der Waals surface area contributed by atoms with Gasteiger partial charge in [0, 0.05) is 58.4 Å². The lowest BCUT2D eigenvalue weighted by Crippen LogP contribution is -2.62. The van der Waals surface area contributed by atoms with E-state index < -0.39 is 0 Å². The first-order valence-corrected chi connectivity index (χ1v) is 7.00. The predicted molar refractivity (Wildman–Crippen MR) is 72.6 cm³/mol. The zero-order chi connectivity index (χ0) is 13.1. The molecule has 2 saturated heterocycles. The van der Waals surface area contributed by atoms with Crippen molar-refractivity contribution in [3.63, 3.8) is 0 Å². The topological polar surface area (TPSA) is 38.8 Å². The fraction of sp³-hybridized carbons (Fsp3) is 0.923. The average Bonchev–Trinajstić information content (AvgIpc) is 2.28. The molecule has 0 atom stereocenters. The van der Waals surface area contributed by atoms with Gasteiger partial charge in [-0.3, -0.25) is 14.6 Å². The Morgan fingerprint density at radius 1 is 1.28 bits per heavy atom. The molecule has 0 unspecified atom stereocenters. The fourth-order valence-electron chi connectivity index (χ4n) is 2.41. The van der Waals surface area contributed by atoms with Gasteiger partial charge in [-0.25, -0.2) is 0 Å². The zero-order valence-electron chi connectivity index (χ0n) is 11.9. The Balaban J connectivity index is 1.71. The van der Waals surface area contributed by atoms with Crippen LogP contribution in [0.15, 0.2) is 0 Å². The molecule has 0 aromatic rings. The number of hydrogen-bond donors (Lipinski definition) is 1. The fourth-order valence-corrected chi connectivity index (χ4v) is 2.41. The van der Waals surface area contributed by atoms with Gasteiger partial charge in [0.2, 0.25) is 5.91 Å². The van der Waals surface area contributed by atoms with Gasteiger partial charge in [0.05, 0.1) is 6.54 Å². The Morgan fingerprint density at radius 3 is 2.33 bits per heavy atom. The zero-order valence-corrected chi connectivity index (χ0v) is 11.9. The van der Waals surface area contributed by atoms with E-state index in [2.05, 4.69) is 29.0 Å². The van der Waals surface area contributed by atoms with Gasteiger partial charge in [0.25, 0.3) is 0 Å². The van der Waals surface area contributed by atoms with E-state index in [1.165, 1.54) is 0 Å². The second-order valence-corrected chi connectivity index (χ2v) is 5.72. The minimum absolute atomic E-state index is 0.240. The molecule has 18 heavy (non-hydrogen) atoms. The maximum atomic E-state index is 12.0. The normalized spacial score (nSPS) is 23.1. The molecule has 2 aliphatic heterocycles. The molecule has 5 heteroatoms. The molecule has 5 nitrogen and oxygen atoms in total. The van der Waals surface area contributed by atoms with Crippen LogP contribution in [0.3, 0.4) is 0 Å². The number of hydrogen-bond acceptors (Lipinski definition) is 4. The molecule has 0 aromatic heterocycles. The number of nitrogens with zero attached hydrogens (tertiary/aromatic N) is 3. The van der Waals surface area contributed by atoms with Crippen molar-refractivity contribution in [2.24, 2.45) is 0 Å². The first kappa shape index (κ1) is 13.8. The van der Waals surface area contributed by atoms with Gasteiger partial charge in [-0.1, -0.05) is 0 Å². The van der Waals surface area contributed by atoms with Crippen LogP contribution in [0.1, 0.15) is 13.8 Å². The first-order valence-electron chi connectivity index (χ1n) is 7.00. The Kier molecular flexibility index (Phi) is 4.59. The number of carbonyl (C=O) groups excluding carboxylic acids is 1. The molecule has 2 aliphatic rings. The van der Waals surface area contributed by atoms with Gasteiger partial charge in [-0.2, -0.15) is 0 Å². The van der Waals surface area contributed by atoms with E-state index in [9.17, 15) is 4.79 Å². The molecule has 2 heterocycles. The second kappa shape index (κ2) is 5.99. The maximum absolute atomic E-state index is 12.0. The number of piperazine rings is 1. The Bertz CT molecular complexity index is 283. The summed E-state index contributed by atoms with van der Waals surface area (Å²) in [5.41, 5.74) is 0. The second-order valence-electron chi connectivity index (χ2n) is 5.72. The molecule has 0 bridgehead atoms. The largest absolute Gasteiger partial charge is 0.342 e.